The Morgan fingerprint density at radius 3 is 0.833 bits per heavy atom. The number of hydrogen-bond acceptors (Lipinski definition) is 0. The van der Waals surface area contributed by atoms with Crippen LogP contribution < -0.4 is 17.0 Å². The minimum Gasteiger partial charge on any atom is -1.00 e. The summed E-state index contributed by atoms with van der Waals surface area (Å²) in [4.78, 5) is 0. The molecule has 0 fully saturated rings. The van der Waals surface area contributed by atoms with E-state index in [4.69, 9.17) is 0 Å². The fraction of sp³-hybridized carbons (Fsp3) is 0.955. The maximum absolute atomic E-state index is 3.90. The van der Waals surface area contributed by atoms with Crippen LogP contribution in [-0.4, -0.2) is 23.1 Å². The summed E-state index contributed by atoms with van der Waals surface area (Å²) < 4.78 is 0. The topological polar surface area (TPSA) is 0 Å². The largest absolute Gasteiger partial charge is 2.00 e. The quantitative estimate of drug-likeness (QED) is 0.154. The minimum atomic E-state index is 0. The van der Waals surface area contributed by atoms with Gasteiger partial charge in [-0.25, -0.2) is 0 Å². The second-order valence-corrected chi connectivity index (χ2v) is 7.22. The van der Waals surface area contributed by atoms with Crippen molar-refractivity contribution in [3.63, 3.8) is 0 Å². The Balaban J connectivity index is -0.00000220. The second kappa shape index (κ2) is 29.0. The summed E-state index contributed by atoms with van der Waals surface area (Å²) in [5.41, 5.74) is 0. The van der Waals surface area contributed by atoms with Gasteiger partial charge in [0.2, 0.25) is 0 Å². The number of unbranched alkanes of at least 4 members (excludes halogenated alkanes) is 19. The smallest absolute Gasteiger partial charge is 1.00 e. The van der Waals surface area contributed by atoms with E-state index in [1.807, 2.05) is 0 Å². The zero-order valence-corrected chi connectivity index (χ0v) is 19.9. The standard InChI is InChI=1S/C22H45.BrH.Mg/c1-3-5-7-9-11-13-15-17-19-21-22-20-18-16-14-12-10-8-6-4-2;;/h1,3-22H2,2H3;1H;/q-1;;+2/p-1. The zero-order valence-electron chi connectivity index (χ0n) is 16.9. The van der Waals surface area contributed by atoms with E-state index in [1.54, 1.807) is 0 Å². The molecule has 0 aromatic rings. The summed E-state index contributed by atoms with van der Waals surface area (Å²) in [6, 6.07) is 0. The molecule has 0 rings (SSSR count). The molecular weight excluding hydrogens is 368 g/mol. The van der Waals surface area contributed by atoms with Gasteiger partial charge in [-0.05, 0) is 0 Å². The zero-order chi connectivity index (χ0) is 16.1. The van der Waals surface area contributed by atoms with Gasteiger partial charge in [0, 0.05) is 0 Å². The molecule has 0 aromatic heterocycles. The van der Waals surface area contributed by atoms with E-state index in [9.17, 15) is 0 Å². The predicted molar refractivity (Wildman–Crippen MR) is 109 cm³/mol. The molecular formula is C22H45BrMg. The van der Waals surface area contributed by atoms with Crippen molar-refractivity contribution in [3.05, 3.63) is 6.92 Å². The summed E-state index contributed by atoms with van der Waals surface area (Å²) in [6.45, 7) is 6.20. The molecule has 0 amide bonds. The van der Waals surface area contributed by atoms with Crippen LogP contribution in [-0.2, 0) is 0 Å². The molecule has 0 radical (unpaired) electrons. The Labute approximate surface area is 181 Å². The molecule has 2 heteroatoms. The van der Waals surface area contributed by atoms with E-state index in [-0.39, 0.29) is 40.0 Å². The Morgan fingerprint density at radius 1 is 0.417 bits per heavy atom. The molecule has 0 saturated heterocycles. The van der Waals surface area contributed by atoms with Crippen molar-refractivity contribution in [2.45, 2.75) is 135 Å². The van der Waals surface area contributed by atoms with Gasteiger partial charge < -0.3 is 23.9 Å². The van der Waals surface area contributed by atoms with Crippen LogP contribution in [0.5, 0.6) is 0 Å². The van der Waals surface area contributed by atoms with Crippen LogP contribution in [0.2, 0.25) is 0 Å². The van der Waals surface area contributed by atoms with Crippen LogP contribution in [0.4, 0.5) is 0 Å². The third-order valence-corrected chi connectivity index (χ3v) is 4.85. The Kier molecular flexibility index (Phi) is 36.3. The fourth-order valence-corrected chi connectivity index (χ4v) is 3.26. The van der Waals surface area contributed by atoms with Crippen LogP contribution >= 0.6 is 0 Å². The third kappa shape index (κ3) is 28.1. The first-order chi connectivity index (χ1) is 10.9. The molecule has 0 atom stereocenters. The van der Waals surface area contributed by atoms with E-state index >= 15 is 0 Å². The van der Waals surface area contributed by atoms with Crippen molar-refractivity contribution in [3.8, 4) is 0 Å². The number of halogens is 1. The van der Waals surface area contributed by atoms with Crippen LogP contribution in [0.25, 0.3) is 0 Å². The maximum Gasteiger partial charge on any atom is 2.00 e. The van der Waals surface area contributed by atoms with Crippen molar-refractivity contribution < 1.29 is 17.0 Å². The molecule has 0 aliphatic rings. The molecule has 0 saturated carbocycles. The van der Waals surface area contributed by atoms with Gasteiger partial charge in [0.1, 0.15) is 0 Å². The first-order valence-electron chi connectivity index (χ1n) is 10.7. The number of rotatable bonds is 19. The molecule has 0 nitrogen and oxygen atoms in total. The van der Waals surface area contributed by atoms with Gasteiger partial charge in [-0.2, -0.15) is 6.42 Å². The average molecular weight is 414 g/mol. The van der Waals surface area contributed by atoms with E-state index in [1.165, 1.54) is 122 Å². The monoisotopic (exact) mass is 412 g/mol. The third-order valence-electron chi connectivity index (χ3n) is 4.85. The van der Waals surface area contributed by atoms with Crippen molar-refractivity contribution in [2.75, 3.05) is 0 Å². The molecule has 24 heavy (non-hydrogen) atoms. The average Bonchev–Trinajstić information content (AvgIpc) is 2.54. The minimum absolute atomic E-state index is 0. The second-order valence-electron chi connectivity index (χ2n) is 7.22. The van der Waals surface area contributed by atoms with E-state index in [0.717, 1.165) is 6.42 Å². The summed E-state index contributed by atoms with van der Waals surface area (Å²) in [5, 5.41) is 0. The Bertz CT molecular complexity index is 165. The van der Waals surface area contributed by atoms with Crippen LogP contribution in [0.15, 0.2) is 0 Å². The molecule has 0 heterocycles. The first kappa shape index (κ1) is 30.0. The summed E-state index contributed by atoms with van der Waals surface area (Å²) in [5.74, 6) is 0. The predicted octanol–water partition coefficient (Wildman–Crippen LogP) is 5.27. The summed E-state index contributed by atoms with van der Waals surface area (Å²) in [6.07, 6.45) is 28.8. The van der Waals surface area contributed by atoms with Crippen molar-refractivity contribution in [1.29, 1.82) is 0 Å². The molecule has 0 spiro atoms. The van der Waals surface area contributed by atoms with Crippen molar-refractivity contribution in [1.82, 2.24) is 0 Å². The molecule has 142 valence electrons. The number of hydrogen-bond donors (Lipinski definition) is 0. The van der Waals surface area contributed by atoms with Crippen LogP contribution in [0, 0.1) is 6.92 Å². The molecule has 0 aliphatic carbocycles. The maximum atomic E-state index is 3.90. The van der Waals surface area contributed by atoms with Gasteiger partial charge in [-0.15, -0.1) is 0 Å². The van der Waals surface area contributed by atoms with Gasteiger partial charge >= 0.3 is 23.1 Å². The Morgan fingerprint density at radius 2 is 0.625 bits per heavy atom. The molecule has 0 bridgehead atoms. The molecule has 0 aliphatic heterocycles. The van der Waals surface area contributed by atoms with Gasteiger partial charge in [0.25, 0.3) is 0 Å². The fourth-order valence-electron chi connectivity index (χ4n) is 3.26. The van der Waals surface area contributed by atoms with Gasteiger partial charge in [0.15, 0.2) is 0 Å². The molecule has 0 aromatic carbocycles. The normalized spacial score (nSPS) is 10.2. The summed E-state index contributed by atoms with van der Waals surface area (Å²) in [7, 11) is 0. The van der Waals surface area contributed by atoms with Crippen LogP contribution in [0.1, 0.15) is 135 Å². The van der Waals surface area contributed by atoms with Crippen molar-refractivity contribution >= 4 is 23.1 Å². The van der Waals surface area contributed by atoms with E-state index < -0.39 is 0 Å². The van der Waals surface area contributed by atoms with E-state index in [2.05, 4.69) is 13.8 Å². The van der Waals surface area contributed by atoms with Gasteiger partial charge in [-0.3, -0.25) is 0 Å². The summed E-state index contributed by atoms with van der Waals surface area (Å²) >= 11 is 0. The SMILES string of the molecule is [Br-].[CH2-]CCCCCCCCCCCCCCCCCCCCC.[Mg+2]. The van der Waals surface area contributed by atoms with Gasteiger partial charge in [-0.1, -0.05) is 129 Å². The van der Waals surface area contributed by atoms with Crippen LogP contribution in [0.3, 0.4) is 0 Å². The Hall–Kier alpha value is 1.25. The molecule has 0 unspecified atom stereocenters. The molecule has 0 N–H and O–H groups in total. The van der Waals surface area contributed by atoms with Crippen molar-refractivity contribution in [2.24, 2.45) is 0 Å². The van der Waals surface area contributed by atoms with Gasteiger partial charge in [0.05, 0.1) is 0 Å². The van der Waals surface area contributed by atoms with E-state index in [0.29, 0.717) is 0 Å². The first-order valence-corrected chi connectivity index (χ1v) is 10.7.